The van der Waals surface area contributed by atoms with Crippen molar-refractivity contribution in [3.8, 4) is 39.1 Å². The number of allylic oxidation sites excluding steroid dienone is 4. The Morgan fingerprint density at radius 2 is 1.19 bits per heavy atom. The second-order valence-corrected chi connectivity index (χ2v) is 13.9. The molecule has 1 heterocycles. The third-order valence-electron chi connectivity index (χ3n) is 9.55. The van der Waals surface area contributed by atoms with Gasteiger partial charge in [0, 0.05) is 42.8 Å². The van der Waals surface area contributed by atoms with Gasteiger partial charge in [0.15, 0.2) is 0 Å². The van der Waals surface area contributed by atoms with Crippen LogP contribution in [0.3, 0.4) is 0 Å². The van der Waals surface area contributed by atoms with Gasteiger partial charge in [0.1, 0.15) is 5.75 Å². The fourth-order valence-corrected chi connectivity index (χ4v) is 8.07. The van der Waals surface area contributed by atoms with Gasteiger partial charge >= 0.3 is 0 Å². The lowest BCUT2D eigenvalue weighted by molar-refractivity contribution is 0.416. The van der Waals surface area contributed by atoms with Crippen molar-refractivity contribution in [1.29, 1.82) is 0 Å². The highest BCUT2D eigenvalue weighted by molar-refractivity contribution is 7.25. The Balaban J connectivity index is 1.23. The number of nitrogens with zero attached hydrogens (tertiary/aromatic N) is 1. The third-order valence-corrected chi connectivity index (χ3v) is 10.7. The predicted molar refractivity (Wildman–Crippen MR) is 229 cm³/mol. The molecular formula is C50H39NOS. The number of thiophene rings is 1. The van der Waals surface area contributed by atoms with Gasteiger partial charge in [-0.25, -0.2) is 0 Å². The van der Waals surface area contributed by atoms with Gasteiger partial charge in [-0.2, -0.15) is 0 Å². The number of methoxy groups -OCH3 is 1. The van der Waals surface area contributed by atoms with E-state index >= 15 is 0 Å². The molecule has 256 valence electrons. The monoisotopic (exact) mass is 701 g/mol. The second-order valence-electron chi connectivity index (χ2n) is 12.8. The van der Waals surface area contributed by atoms with Gasteiger partial charge < -0.3 is 9.64 Å². The summed E-state index contributed by atoms with van der Waals surface area (Å²) in [5.41, 5.74) is 11.3. The Morgan fingerprint density at radius 1 is 0.547 bits per heavy atom. The first-order valence-corrected chi connectivity index (χ1v) is 18.7. The smallest absolute Gasteiger partial charge is 0.126 e. The largest absolute Gasteiger partial charge is 0.496 e. The van der Waals surface area contributed by atoms with Crippen LogP contribution in [-0.2, 0) is 0 Å². The van der Waals surface area contributed by atoms with E-state index in [0.29, 0.717) is 0 Å². The number of ether oxygens (including phenoxy) is 1. The third kappa shape index (κ3) is 7.08. The van der Waals surface area contributed by atoms with Crippen LogP contribution in [0.5, 0.6) is 5.75 Å². The lowest BCUT2D eigenvalue weighted by Gasteiger charge is -2.27. The molecule has 0 amide bonds. The zero-order chi connectivity index (χ0) is 36.0. The van der Waals surface area contributed by atoms with E-state index in [2.05, 4.69) is 200 Å². The zero-order valence-electron chi connectivity index (χ0n) is 29.8. The highest BCUT2D eigenvalue weighted by Gasteiger charge is 2.16. The van der Waals surface area contributed by atoms with E-state index in [-0.39, 0.29) is 0 Å². The second kappa shape index (κ2) is 15.4. The number of fused-ring (bicyclic) bond motifs is 3. The van der Waals surface area contributed by atoms with Crippen molar-refractivity contribution < 1.29 is 4.74 Å². The molecule has 2 nitrogen and oxygen atoms in total. The van der Waals surface area contributed by atoms with E-state index in [1.807, 2.05) is 23.5 Å². The average molecular weight is 702 g/mol. The van der Waals surface area contributed by atoms with Gasteiger partial charge in [-0.3, -0.25) is 0 Å². The molecule has 7 aromatic carbocycles. The molecule has 0 atom stereocenters. The maximum Gasteiger partial charge on any atom is 0.126 e. The van der Waals surface area contributed by atoms with E-state index in [1.165, 1.54) is 31.3 Å². The van der Waals surface area contributed by atoms with Gasteiger partial charge in [-0.15, -0.1) is 11.3 Å². The van der Waals surface area contributed by atoms with Gasteiger partial charge in [0.05, 0.1) is 7.11 Å². The quantitative estimate of drug-likeness (QED) is 0.132. The van der Waals surface area contributed by atoms with Crippen molar-refractivity contribution in [2.24, 2.45) is 0 Å². The predicted octanol–water partition coefficient (Wildman–Crippen LogP) is 14.4. The van der Waals surface area contributed by atoms with Crippen LogP contribution in [0.2, 0.25) is 0 Å². The molecule has 0 unspecified atom stereocenters. The molecular weight excluding hydrogens is 663 g/mol. The van der Waals surface area contributed by atoms with E-state index in [9.17, 15) is 0 Å². The first kappa shape index (κ1) is 33.7. The Bertz CT molecular complexity index is 2600. The zero-order valence-corrected chi connectivity index (χ0v) is 30.6. The number of anilines is 2. The molecule has 0 bridgehead atoms. The Hall–Kier alpha value is -6.42. The maximum absolute atomic E-state index is 5.72. The summed E-state index contributed by atoms with van der Waals surface area (Å²) in [5, 5.41) is 2.56. The number of benzene rings is 7. The summed E-state index contributed by atoms with van der Waals surface area (Å²) in [6, 6.07) is 60.4. The normalized spacial score (nSPS) is 11.9. The molecule has 0 fully saturated rings. The van der Waals surface area contributed by atoms with E-state index in [1.54, 1.807) is 7.11 Å². The maximum atomic E-state index is 5.72. The fraction of sp³-hybridized carbons (Fsp3) is 0.0400. The van der Waals surface area contributed by atoms with Gasteiger partial charge in [-0.05, 0) is 101 Å². The molecule has 0 saturated heterocycles. The standard InChI is InChI=1S/C50H39NOS/c1-3-15-41(21-14-20-39-26-27-40(44-22-10-12-24-48(44)52-2)34-46(39)38-18-8-5-9-19-38)51(42-30-28-37(29-31-42)36-16-6-4-7-17-36)43-32-33-50-47(35-43)45-23-11-13-25-49(45)53-50/h3-35H,1-2H3/b15-3-,20-14+,41-21+. The average Bonchev–Trinajstić information content (AvgIpc) is 3.60. The summed E-state index contributed by atoms with van der Waals surface area (Å²) in [6.07, 6.45) is 10.9. The van der Waals surface area contributed by atoms with Crippen LogP contribution in [0.1, 0.15) is 12.5 Å². The molecule has 0 spiro atoms. The van der Waals surface area contributed by atoms with Crippen molar-refractivity contribution >= 4 is 49.0 Å². The minimum absolute atomic E-state index is 0.860. The number of rotatable bonds is 10. The van der Waals surface area contributed by atoms with Crippen molar-refractivity contribution in [3.05, 3.63) is 205 Å². The van der Waals surface area contributed by atoms with Crippen LogP contribution in [0, 0.1) is 0 Å². The summed E-state index contributed by atoms with van der Waals surface area (Å²) >= 11 is 1.84. The Kier molecular flexibility index (Phi) is 9.82. The Labute approximate surface area is 315 Å². The fourth-order valence-electron chi connectivity index (χ4n) is 6.98. The first-order valence-electron chi connectivity index (χ1n) is 17.9. The number of para-hydroxylation sites is 1. The molecule has 1 aromatic heterocycles. The summed E-state index contributed by atoms with van der Waals surface area (Å²) in [4.78, 5) is 2.36. The minimum Gasteiger partial charge on any atom is -0.496 e. The summed E-state index contributed by atoms with van der Waals surface area (Å²) in [7, 11) is 1.73. The van der Waals surface area contributed by atoms with Crippen LogP contribution in [-0.4, -0.2) is 7.11 Å². The molecule has 0 aliphatic carbocycles. The molecule has 0 radical (unpaired) electrons. The molecule has 8 aromatic rings. The number of hydrogen-bond donors (Lipinski definition) is 0. The van der Waals surface area contributed by atoms with E-state index < -0.39 is 0 Å². The highest BCUT2D eigenvalue weighted by Crippen LogP contribution is 2.40. The van der Waals surface area contributed by atoms with Gasteiger partial charge in [0.25, 0.3) is 0 Å². The molecule has 8 rings (SSSR count). The van der Waals surface area contributed by atoms with Gasteiger partial charge in [-0.1, -0.05) is 140 Å². The topological polar surface area (TPSA) is 12.5 Å². The van der Waals surface area contributed by atoms with Crippen LogP contribution in [0.15, 0.2) is 200 Å². The lowest BCUT2D eigenvalue weighted by atomic mass is 9.94. The van der Waals surface area contributed by atoms with Crippen molar-refractivity contribution in [3.63, 3.8) is 0 Å². The summed E-state index contributed by atoms with van der Waals surface area (Å²) in [5.74, 6) is 0.860. The molecule has 0 saturated carbocycles. The number of hydrogen-bond acceptors (Lipinski definition) is 3. The molecule has 0 aliphatic rings. The van der Waals surface area contributed by atoms with E-state index in [4.69, 9.17) is 4.74 Å². The summed E-state index contributed by atoms with van der Waals surface area (Å²) < 4.78 is 8.31. The van der Waals surface area contributed by atoms with Crippen LogP contribution >= 0.6 is 11.3 Å². The van der Waals surface area contributed by atoms with Gasteiger partial charge in [0.2, 0.25) is 0 Å². The minimum atomic E-state index is 0.860. The molecule has 3 heteroatoms. The lowest BCUT2D eigenvalue weighted by Crippen LogP contribution is -2.15. The van der Waals surface area contributed by atoms with Crippen LogP contribution < -0.4 is 9.64 Å². The SMILES string of the molecule is C\C=C/C(=C\C=C\c1ccc(-c2ccccc2OC)cc1-c1ccccc1)N(c1ccc(-c2ccccc2)cc1)c1ccc2sc3ccccc3c2c1. The molecule has 0 N–H and O–H groups in total. The Morgan fingerprint density at radius 3 is 1.96 bits per heavy atom. The van der Waals surface area contributed by atoms with Crippen LogP contribution in [0.4, 0.5) is 11.4 Å². The highest BCUT2D eigenvalue weighted by atomic mass is 32.1. The van der Waals surface area contributed by atoms with E-state index in [0.717, 1.165) is 50.6 Å². The van der Waals surface area contributed by atoms with Crippen molar-refractivity contribution in [1.82, 2.24) is 0 Å². The molecule has 53 heavy (non-hydrogen) atoms. The summed E-state index contributed by atoms with van der Waals surface area (Å²) in [6.45, 7) is 2.08. The van der Waals surface area contributed by atoms with Crippen molar-refractivity contribution in [2.45, 2.75) is 6.92 Å². The molecule has 0 aliphatic heterocycles. The van der Waals surface area contributed by atoms with Crippen molar-refractivity contribution in [2.75, 3.05) is 12.0 Å². The van der Waals surface area contributed by atoms with Crippen LogP contribution in [0.25, 0.3) is 59.6 Å². The first-order chi connectivity index (χ1) is 26.2.